The SMILES string of the molecule is CCCCCCCCCC(CCCCCC)C1(F)c2ccccc2C=CC1S(=O)(=O)O. The number of halogens is 1. The van der Waals surface area contributed by atoms with Gasteiger partial charge in [0, 0.05) is 0 Å². The van der Waals surface area contributed by atoms with Crippen LogP contribution in [0.4, 0.5) is 4.39 Å². The maximum atomic E-state index is 17.0. The Balaban J connectivity index is 2.23. The molecule has 0 fully saturated rings. The van der Waals surface area contributed by atoms with E-state index in [1.54, 1.807) is 18.2 Å². The van der Waals surface area contributed by atoms with Crippen molar-refractivity contribution in [2.24, 2.45) is 5.92 Å². The first-order valence-corrected chi connectivity index (χ1v) is 13.8. The monoisotopic (exact) mass is 452 g/mol. The summed E-state index contributed by atoms with van der Waals surface area (Å²) >= 11 is 0. The van der Waals surface area contributed by atoms with E-state index in [0.29, 0.717) is 24.0 Å². The summed E-state index contributed by atoms with van der Waals surface area (Å²) in [4.78, 5) is 0. The first kappa shape index (κ1) is 26.1. The van der Waals surface area contributed by atoms with Crippen LogP contribution < -0.4 is 0 Å². The van der Waals surface area contributed by atoms with Crippen LogP contribution in [0, 0.1) is 5.92 Å². The summed E-state index contributed by atoms with van der Waals surface area (Å²) in [5, 5.41) is -1.55. The fourth-order valence-electron chi connectivity index (χ4n) is 4.97. The summed E-state index contributed by atoms with van der Waals surface area (Å²) in [5.74, 6) is -0.432. The van der Waals surface area contributed by atoms with Crippen LogP contribution in [0.5, 0.6) is 0 Å². The molecule has 0 saturated carbocycles. The number of fused-ring (bicyclic) bond motifs is 1. The molecular formula is C26H41FO3S. The van der Waals surface area contributed by atoms with Gasteiger partial charge in [-0.25, -0.2) is 4.39 Å². The summed E-state index contributed by atoms with van der Waals surface area (Å²) in [6.07, 6.45) is 16.4. The Kier molecular flexibility index (Phi) is 10.7. The van der Waals surface area contributed by atoms with Crippen molar-refractivity contribution in [3.8, 4) is 0 Å². The Morgan fingerprint density at radius 1 is 0.903 bits per heavy atom. The van der Waals surface area contributed by atoms with Crippen LogP contribution in [0.15, 0.2) is 30.3 Å². The molecule has 5 heteroatoms. The molecule has 1 aliphatic rings. The zero-order chi connectivity index (χ0) is 22.7. The molecule has 1 aromatic rings. The maximum absolute atomic E-state index is 17.0. The van der Waals surface area contributed by atoms with E-state index in [9.17, 15) is 13.0 Å². The zero-order valence-electron chi connectivity index (χ0n) is 19.4. The molecule has 3 unspecified atom stereocenters. The molecule has 0 saturated heterocycles. The molecule has 1 N–H and O–H groups in total. The first-order valence-electron chi connectivity index (χ1n) is 12.3. The fraction of sp³-hybridized carbons (Fsp3) is 0.692. The van der Waals surface area contributed by atoms with Crippen LogP contribution in [0.1, 0.15) is 108 Å². The number of hydrogen-bond donors (Lipinski definition) is 1. The van der Waals surface area contributed by atoms with Crippen LogP contribution in [0.2, 0.25) is 0 Å². The van der Waals surface area contributed by atoms with Gasteiger partial charge in [-0.3, -0.25) is 4.55 Å². The maximum Gasteiger partial charge on any atom is 0.274 e. The summed E-state index contributed by atoms with van der Waals surface area (Å²) in [6.45, 7) is 4.34. The number of hydrogen-bond acceptors (Lipinski definition) is 2. The normalized spacial score (nSPS) is 21.7. The molecule has 3 nitrogen and oxygen atoms in total. The minimum Gasteiger partial charge on any atom is -0.285 e. The van der Waals surface area contributed by atoms with Crippen LogP contribution in [0.25, 0.3) is 6.08 Å². The van der Waals surface area contributed by atoms with Crippen molar-refractivity contribution in [3.05, 3.63) is 41.5 Å². The number of unbranched alkanes of at least 4 members (excludes halogenated alkanes) is 9. The van der Waals surface area contributed by atoms with Gasteiger partial charge in [-0.15, -0.1) is 0 Å². The van der Waals surface area contributed by atoms with Gasteiger partial charge in [0.1, 0.15) is 5.25 Å². The molecule has 0 radical (unpaired) electrons. The Bertz CT molecular complexity index is 790. The minimum atomic E-state index is -4.56. The third-order valence-corrected chi connectivity index (χ3v) is 7.86. The second-order valence-electron chi connectivity index (χ2n) is 9.11. The Morgan fingerprint density at radius 2 is 1.42 bits per heavy atom. The lowest BCUT2D eigenvalue weighted by Crippen LogP contribution is -2.47. The average molecular weight is 453 g/mol. The lowest BCUT2D eigenvalue weighted by Gasteiger charge is -2.41. The van der Waals surface area contributed by atoms with Crippen LogP contribution in [-0.4, -0.2) is 18.2 Å². The van der Waals surface area contributed by atoms with Crippen molar-refractivity contribution < 1.29 is 17.4 Å². The molecule has 0 aliphatic heterocycles. The second kappa shape index (κ2) is 12.7. The minimum absolute atomic E-state index is 0.406. The van der Waals surface area contributed by atoms with E-state index in [2.05, 4.69) is 13.8 Å². The van der Waals surface area contributed by atoms with E-state index >= 15 is 4.39 Å². The molecule has 0 aromatic heterocycles. The van der Waals surface area contributed by atoms with Crippen LogP contribution >= 0.6 is 0 Å². The van der Waals surface area contributed by atoms with Crippen molar-refractivity contribution >= 4 is 16.2 Å². The smallest absolute Gasteiger partial charge is 0.274 e. The molecule has 3 atom stereocenters. The van der Waals surface area contributed by atoms with E-state index in [1.807, 2.05) is 12.1 Å². The van der Waals surface area contributed by atoms with E-state index < -0.39 is 27.0 Å². The van der Waals surface area contributed by atoms with Gasteiger partial charge in [-0.1, -0.05) is 121 Å². The lowest BCUT2D eigenvalue weighted by atomic mass is 9.71. The van der Waals surface area contributed by atoms with E-state index in [1.165, 1.54) is 31.8 Å². The highest BCUT2D eigenvalue weighted by Gasteiger charge is 2.53. The van der Waals surface area contributed by atoms with Gasteiger partial charge in [0.15, 0.2) is 5.67 Å². The third-order valence-electron chi connectivity index (χ3n) is 6.72. The zero-order valence-corrected chi connectivity index (χ0v) is 20.2. The van der Waals surface area contributed by atoms with Gasteiger partial charge in [-0.2, -0.15) is 8.42 Å². The first-order chi connectivity index (χ1) is 14.9. The Labute approximate surface area is 189 Å². The van der Waals surface area contributed by atoms with Crippen molar-refractivity contribution in [2.45, 2.75) is 108 Å². The quantitative estimate of drug-likeness (QED) is 0.218. The summed E-state index contributed by atoms with van der Waals surface area (Å²) in [7, 11) is -4.56. The Morgan fingerprint density at radius 3 is 2.00 bits per heavy atom. The van der Waals surface area contributed by atoms with Crippen molar-refractivity contribution in [2.75, 3.05) is 0 Å². The number of alkyl halides is 1. The lowest BCUT2D eigenvalue weighted by molar-refractivity contribution is 0.0646. The highest BCUT2D eigenvalue weighted by molar-refractivity contribution is 7.86. The highest BCUT2D eigenvalue weighted by atomic mass is 32.2. The van der Waals surface area contributed by atoms with Crippen LogP contribution in [0.3, 0.4) is 0 Å². The molecule has 0 heterocycles. The molecule has 2 rings (SSSR count). The van der Waals surface area contributed by atoms with Gasteiger partial charge in [-0.05, 0) is 29.9 Å². The molecule has 0 bridgehead atoms. The summed E-state index contributed by atoms with van der Waals surface area (Å²) < 4.78 is 51.4. The van der Waals surface area contributed by atoms with Gasteiger partial charge >= 0.3 is 0 Å². The van der Waals surface area contributed by atoms with E-state index in [0.717, 1.165) is 44.9 Å². The highest BCUT2D eigenvalue weighted by Crippen LogP contribution is 2.49. The molecule has 1 aliphatic carbocycles. The molecule has 1 aromatic carbocycles. The second-order valence-corrected chi connectivity index (χ2v) is 10.6. The predicted octanol–water partition coefficient (Wildman–Crippen LogP) is 7.86. The van der Waals surface area contributed by atoms with Crippen molar-refractivity contribution in [1.29, 1.82) is 0 Å². The number of rotatable bonds is 15. The predicted molar refractivity (Wildman–Crippen MR) is 128 cm³/mol. The molecule has 0 spiro atoms. The summed E-state index contributed by atoms with van der Waals surface area (Å²) in [6, 6.07) is 7.11. The largest absolute Gasteiger partial charge is 0.285 e. The average Bonchev–Trinajstić information content (AvgIpc) is 2.74. The molecular weight excluding hydrogens is 411 g/mol. The van der Waals surface area contributed by atoms with Gasteiger partial charge in [0.05, 0.1) is 0 Å². The van der Waals surface area contributed by atoms with Crippen LogP contribution in [-0.2, 0) is 15.8 Å². The van der Waals surface area contributed by atoms with Crippen molar-refractivity contribution in [3.63, 3.8) is 0 Å². The third kappa shape index (κ3) is 7.15. The van der Waals surface area contributed by atoms with Crippen molar-refractivity contribution in [1.82, 2.24) is 0 Å². The van der Waals surface area contributed by atoms with Gasteiger partial charge in [0.2, 0.25) is 0 Å². The van der Waals surface area contributed by atoms with Gasteiger partial charge < -0.3 is 0 Å². The topological polar surface area (TPSA) is 54.4 Å². The van der Waals surface area contributed by atoms with Gasteiger partial charge in [0.25, 0.3) is 10.1 Å². The molecule has 0 amide bonds. The fourth-order valence-corrected chi connectivity index (χ4v) is 6.00. The van der Waals surface area contributed by atoms with E-state index in [-0.39, 0.29) is 0 Å². The Hall–Kier alpha value is -1.20. The standard InChI is InChI=1S/C26H41FO3S/c1-3-5-7-9-10-11-13-18-23(17-12-8-6-4-2)26(27)24-19-15-14-16-22(24)20-21-25(26)31(28,29)30/h14-16,19-21,23,25H,3-13,17-18H2,1-2H3,(H,28,29,30). The van der Waals surface area contributed by atoms with E-state index in [4.69, 9.17) is 0 Å². The molecule has 31 heavy (non-hydrogen) atoms. The molecule has 176 valence electrons. The summed E-state index contributed by atoms with van der Waals surface area (Å²) in [5.41, 5.74) is -0.987. The number of benzene rings is 1.